The van der Waals surface area contributed by atoms with Crippen molar-refractivity contribution in [3.63, 3.8) is 0 Å². The topological polar surface area (TPSA) is 54.9 Å². The number of hydrogen-bond donors (Lipinski definition) is 1. The summed E-state index contributed by atoms with van der Waals surface area (Å²) in [6.45, 7) is 1.47. The van der Waals surface area contributed by atoms with Crippen molar-refractivity contribution in [1.29, 1.82) is 0 Å². The molecule has 0 saturated heterocycles. The Balaban J connectivity index is 1.71. The standard InChI is InChI=1S/C13H15N3OS2/c1-10(17)14-12-15-16-13(19-12)18-9-5-8-11-6-3-2-4-7-11/h2-4,6-7H,5,8-9H2,1H3,(H,14,15,17). The van der Waals surface area contributed by atoms with E-state index in [9.17, 15) is 4.79 Å². The molecule has 0 unspecified atom stereocenters. The summed E-state index contributed by atoms with van der Waals surface area (Å²) in [7, 11) is 0. The van der Waals surface area contributed by atoms with Crippen molar-refractivity contribution in [3.05, 3.63) is 35.9 Å². The van der Waals surface area contributed by atoms with Crippen LogP contribution in [0.3, 0.4) is 0 Å². The zero-order chi connectivity index (χ0) is 13.5. The van der Waals surface area contributed by atoms with Crippen LogP contribution in [0.2, 0.25) is 0 Å². The van der Waals surface area contributed by atoms with Gasteiger partial charge in [0.05, 0.1) is 0 Å². The Labute approximate surface area is 120 Å². The lowest BCUT2D eigenvalue weighted by Crippen LogP contribution is -2.04. The lowest BCUT2D eigenvalue weighted by molar-refractivity contribution is -0.114. The van der Waals surface area contributed by atoms with E-state index >= 15 is 0 Å². The summed E-state index contributed by atoms with van der Waals surface area (Å²) >= 11 is 3.10. The van der Waals surface area contributed by atoms with Crippen LogP contribution in [0.15, 0.2) is 34.7 Å². The van der Waals surface area contributed by atoms with Gasteiger partial charge in [0.1, 0.15) is 0 Å². The maximum absolute atomic E-state index is 10.9. The summed E-state index contributed by atoms with van der Waals surface area (Å²) in [6.07, 6.45) is 2.18. The van der Waals surface area contributed by atoms with Gasteiger partial charge in [-0.05, 0) is 18.4 Å². The molecule has 0 aliphatic carbocycles. The Morgan fingerprint density at radius 3 is 2.84 bits per heavy atom. The van der Waals surface area contributed by atoms with Gasteiger partial charge in [0.15, 0.2) is 4.34 Å². The van der Waals surface area contributed by atoms with E-state index in [1.807, 2.05) is 6.07 Å². The lowest BCUT2D eigenvalue weighted by Gasteiger charge is -1.99. The predicted octanol–water partition coefficient (Wildman–Crippen LogP) is 3.22. The van der Waals surface area contributed by atoms with Gasteiger partial charge >= 0.3 is 0 Å². The molecule has 0 atom stereocenters. The van der Waals surface area contributed by atoms with Gasteiger partial charge in [0.25, 0.3) is 0 Å². The highest BCUT2D eigenvalue weighted by Crippen LogP contribution is 2.26. The fraction of sp³-hybridized carbons (Fsp3) is 0.308. The molecule has 0 radical (unpaired) electrons. The number of hydrogen-bond acceptors (Lipinski definition) is 5. The molecule has 1 N–H and O–H groups in total. The Bertz CT molecular complexity index is 528. The molecule has 100 valence electrons. The van der Waals surface area contributed by atoms with Gasteiger partial charge in [-0.2, -0.15) is 0 Å². The minimum absolute atomic E-state index is 0.114. The molecule has 2 aromatic rings. The molecule has 0 bridgehead atoms. The highest BCUT2D eigenvalue weighted by Gasteiger charge is 2.05. The number of carbonyl (C=O) groups is 1. The number of anilines is 1. The smallest absolute Gasteiger partial charge is 0.223 e. The number of aryl methyl sites for hydroxylation is 1. The van der Waals surface area contributed by atoms with Gasteiger partial charge in [0, 0.05) is 12.7 Å². The van der Waals surface area contributed by atoms with Gasteiger partial charge in [-0.3, -0.25) is 4.79 Å². The first kappa shape index (κ1) is 14.0. The molecule has 19 heavy (non-hydrogen) atoms. The molecule has 0 saturated carbocycles. The van der Waals surface area contributed by atoms with Gasteiger partial charge in [-0.15, -0.1) is 10.2 Å². The van der Waals surface area contributed by atoms with Crippen LogP contribution in [-0.2, 0) is 11.2 Å². The molecule has 1 aromatic heterocycles. The maximum atomic E-state index is 10.9. The van der Waals surface area contributed by atoms with E-state index < -0.39 is 0 Å². The third-order valence-electron chi connectivity index (χ3n) is 2.37. The van der Waals surface area contributed by atoms with Crippen molar-refractivity contribution < 1.29 is 4.79 Å². The van der Waals surface area contributed by atoms with Crippen LogP contribution in [0.4, 0.5) is 5.13 Å². The van der Waals surface area contributed by atoms with Gasteiger partial charge in [0.2, 0.25) is 11.0 Å². The van der Waals surface area contributed by atoms with Gasteiger partial charge < -0.3 is 5.32 Å². The van der Waals surface area contributed by atoms with E-state index in [1.165, 1.54) is 23.8 Å². The van der Waals surface area contributed by atoms with Crippen molar-refractivity contribution in [2.45, 2.75) is 24.1 Å². The Hall–Kier alpha value is -1.40. The SMILES string of the molecule is CC(=O)Nc1nnc(SCCCc2ccccc2)s1. The molecule has 0 aliphatic rings. The quantitative estimate of drug-likeness (QED) is 0.505. The van der Waals surface area contributed by atoms with E-state index in [0.29, 0.717) is 5.13 Å². The number of nitrogens with zero attached hydrogens (tertiary/aromatic N) is 2. The summed E-state index contributed by atoms with van der Waals surface area (Å²) in [5, 5.41) is 11.1. The van der Waals surface area contributed by atoms with Crippen molar-refractivity contribution in [1.82, 2.24) is 10.2 Å². The molecular weight excluding hydrogens is 278 g/mol. The number of benzene rings is 1. The molecule has 4 nitrogen and oxygen atoms in total. The number of amides is 1. The normalized spacial score (nSPS) is 10.4. The molecule has 1 aromatic carbocycles. The third kappa shape index (κ3) is 5.00. The van der Waals surface area contributed by atoms with Crippen LogP contribution in [0.25, 0.3) is 0 Å². The van der Waals surface area contributed by atoms with Crippen LogP contribution in [-0.4, -0.2) is 21.9 Å². The monoisotopic (exact) mass is 293 g/mol. The maximum Gasteiger partial charge on any atom is 0.223 e. The van der Waals surface area contributed by atoms with E-state index in [-0.39, 0.29) is 5.91 Å². The first-order valence-electron chi connectivity index (χ1n) is 6.02. The number of rotatable bonds is 6. The third-order valence-corrected chi connectivity index (χ3v) is 4.43. The van der Waals surface area contributed by atoms with Gasteiger partial charge in [-0.25, -0.2) is 0 Å². The number of carbonyl (C=O) groups excluding carboxylic acids is 1. The second-order valence-corrected chi connectivity index (χ2v) is 6.31. The predicted molar refractivity (Wildman–Crippen MR) is 79.7 cm³/mol. The second kappa shape index (κ2) is 7.25. The molecule has 0 spiro atoms. The van der Waals surface area contributed by atoms with Crippen LogP contribution in [0.5, 0.6) is 0 Å². The van der Waals surface area contributed by atoms with Crippen molar-refractivity contribution >= 4 is 34.1 Å². The molecule has 0 fully saturated rings. The van der Waals surface area contributed by atoms with Crippen LogP contribution < -0.4 is 5.32 Å². The molecule has 2 rings (SSSR count). The Morgan fingerprint density at radius 1 is 1.32 bits per heavy atom. The van der Waals surface area contributed by atoms with Crippen LogP contribution in [0.1, 0.15) is 18.9 Å². The Morgan fingerprint density at radius 2 is 2.11 bits per heavy atom. The van der Waals surface area contributed by atoms with E-state index in [2.05, 4.69) is 39.8 Å². The van der Waals surface area contributed by atoms with Crippen molar-refractivity contribution in [2.24, 2.45) is 0 Å². The van der Waals surface area contributed by atoms with Gasteiger partial charge in [-0.1, -0.05) is 53.4 Å². The highest BCUT2D eigenvalue weighted by molar-refractivity contribution is 8.01. The number of thioether (sulfide) groups is 1. The fourth-order valence-electron chi connectivity index (χ4n) is 1.55. The summed E-state index contributed by atoms with van der Waals surface area (Å²) in [4.78, 5) is 10.9. The number of aromatic nitrogens is 2. The first-order chi connectivity index (χ1) is 9.24. The lowest BCUT2D eigenvalue weighted by atomic mass is 10.1. The minimum Gasteiger partial charge on any atom is -0.301 e. The largest absolute Gasteiger partial charge is 0.301 e. The van der Waals surface area contributed by atoms with Crippen LogP contribution >= 0.6 is 23.1 Å². The average molecular weight is 293 g/mol. The summed E-state index contributed by atoms with van der Waals surface area (Å²) in [5.41, 5.74) is 1.36. The summed E-state index contributed by atoms with van der Waals surface area (Å²) < 4.78 is 0.900. The molecule has 1 amide bonds. The average Bonchev–Trinajstić information content (AvgIpc) is 2.83. The second-order valence-electron chi connectivity index (χ2n) is 3.99. The zero-order valence-corrected chi connectivity index (χ0v) is 12.3. The first-order valence-corrected chi connectivity index (χ1v) is 7.82. The molecular formula is C13H15N3OS2. The zero-order valence-electron chi connectivity index (χ0n) is 10.6. The molecule has 6 heteroatoms. The summed E-state index contributed by atoms with van der Waals surface area (Å²) in [5.74, 6) is 0.889. The minimum atomic E-state index is -0.114. The summed E-state index contributed by atoms with van der Waals surface area (Å²) in [6, 6.07) is 10.4. The van der Waals surface area contributed by atoms with Crippen molar-refractivity contribution in [2.75, 3.05) is 11.1 Å². The number of nitrogens with one attached hydrogen (secondary N) is 1. The van der Waals surface area contributed by atoms with E-state index in [0.717, 1.165) is 22.9 Å². The highest BCUT2D eigenvalue weighted by atomic mass is 32.2. The Kier molecular flexibility index (Phi) is 5.35. The van der Waals surface area contributed by atoms with Crippen molar-refractivity contribution in [3.8, 4) is 0 Å². The molecule has 1 heterocycles. The van der Waals surface area contributed by atoms with E-state index in [1.54, 1.807) is 11.8 Å². The van der Waals surface area contributed by atoms with E-state index in [4.69, 9.17) is 0 Å². The molecule has 0 aliphatic heterocycles. The van der Waals surface area contributed by atoms with Crippen LogP contribution in [0, 0.1) is 0 Å². The fourth-order valence-corrected chi connectivity index (χ4v) is 3.36.